The molecular weight excluding hydrogens is 423 g/mol. The molecule has 1 fully saturated rings. The fraction of sp³-hybridized carbons (Fsp3) is 0.300. The number of carbonyl (C=O) groups excluding carboxylic acids is 2. The van der Waals surface area contributed by atoms with Gasteiger partial charge in [0.25, 0.3) is 11.8 Å². The van der Waals surface area contributed by atoms with Gasteiger partial charge in [0, 0.05) is 41.8 Å². The summed E-state index contributed by atoms with van der Waals surface area (Å²) in [7, 11) is 0. The molecule has 1 heterocycles. The molecule has 0 bridgehead atoms. The van der Waals surface area contributed by atoms with Gasteiger partial charge in [-0.3, -0.25) is 9.59 Å². The van der Waals surface area contributed by atoms with E-state index in [1.54, 1.807) is 59.2 Å². The molecule has 0 aliphatic carbocycles. The first kappa shape index (κ1) is 20.8. The highest BCUT2D eigenvalue weighted by molar-refractivity contribution is 6.35. The zero-order valence-electron chi connectivity index (χ0n) is 15.2. The Morgan fingerprint density at radius 1 is 0.929 bits per heavy atom. The van der Waals surface area contributed by atoms with Crippen LogP contribution in [0.25, 0.3) is 0 Å². The van der Waals surface area contributed by atoms with Crippen molar-refractivity contribution in [3.05, 3.63) is 63.1 Å². The Labute approximate surface area is 178 Å². The van der Waals surface area contributed by atoms with Crippen molar-refractivity contribution in [2.24, 2.45) is 0 Å². The van der Waals surface area contributed by atoms with Gasteiger partial charge in [0.2, 0.25) is 0 Å². The molecule has 28 heavy (non-hydrogen) atoms. The number of hydrogen-bond donors (Lipinski definition) is 0. The molecule has 2 aromatic rings. The fourth-order valence-electron chi connectivity index (χ4n) is 3.03. The lowest BCUT2D eigenvalue weighted by molar-refractivity contribution is -0.139. The van der Waals surface area contributed by atoms with E-state index in [1.165, 1.54) is 0 Å². The summed E-state index contributed by atoms with van der Waals surface area (Å²) in [4.78, 5) is 28.7. The number of benzene rings is 2. The van der Waals surface area contributed by atoms with Crippen molar-refractivity contribution >= 4 is 46.6 Å². The highest BCUT2D eigenvalue weighted by atomic mass is 35.5. The smallest absolute Gasteiger partial charge is 0.263 e. The minimum atomic E-state index is -0.672. The van der Waals surface area contributed by atoms with Gasteiger partial charge < -0.3 is 14.5 Å². The summed E-state index contributed by atoms with van der Waals surface area (Å²) in [6, 6.07) is 11.8. The molecule has 148 valence electrons. The summed E-state index contributed by atoms with van der Waals surface area (Å²) >= 11 is 18.0. The molecular formula is C20H19Cl3N2O3. The van der Waals surface area contributed by atoms with Crippen LogP contribution < -0.4 is 4.74 Å². The van der Waals surface area contributed by atoms with Crippen LogP contribution in [0.4, 0.5) is 0 Å². The second kappa shape index (κ2) is 9.03. The zero-order chi connectivity index (χ0) is 20.3. The first-order valence-corrected chi connectivity index (χ1v) is 9.94. The predicted octanol–water partition coefficient (Wildman–Crippen LogP) is 4.40. The number of rotatable bonds is 4. The molecule has 1 atom stereocenters. The quantitative estimate of drug-likeness (QED) is 0.707. The first-order valence-electron chi connectivity index (χ1n) is 8.80. The van der Waals surface area contributed by atoms with E-state index < -0.39 is 6.10 Å². The Bertz CT molecular complexity index is 862. The summed E-state index contributed by atoms with van der Waals surface area (Å²) in [5.74, 6) is 0.173. The maximum atomic E-state index is 12.7. The maximum Gasteiger partial charge on any atom is 0.263 e. The van der Waals surface area contributed by atoms with E-state index in [0.717, 1.165) is 0 Å². The van der Waals surface area contributed by atoms with E-state index in [-0.39, 0.29) is 11.8 Å². The van der Waals surface area contributed by atoms with Crippen LogP contribution in [0.15, 0.2) is 42.5 Å². The number of ether oxygens (including phenoxy) is 1. The van der Waals surface area contributed by atoms with Crippen LogP contribution in [-0.4, -0.2) is 53.9 Å². The van der Waals surface area contributed by atoms with Gasteiger partial charge in [0.15, 0.2) is 6.10 Å². The van der Waals surface area contributed by atoms with Crippen LogP contribution in [0, 0.1) is 0 Å². The van der Waals surface area contributed by atoms with Crippen molar-refractivity contribution in [3.63, 3.8) is 0 Å². The molecule has 1 unspecified atom stereocenters. The van der Waals surface area contributed by atoms with Crippen molar-refractivity contribution in [2.75, 3.05) is 26.2 Å². The molecule has 0 saturated carbocycles. The minimum absolute atomic E-state index is 0.141. The summed E-state index contributed by atoms with van der Waals surface area (Å²) in [6.07, 6.45) is -0.672. The SMILES string of the molecule is CC(Oc1ccccc1Cl)C(=O)N1CCN(C(=O)c2cc(Cl)cc(Cl)c2)CC1. The summed E-state index contributed by atoms with van der Waals surface area (Å²) in [6.45, 7) is 3.39. The summed E-state index contributed by atoms with van der Waals surface area (Å²) in [5, 5.41) is 1.28. The van der Waals surface area contributed by atoms with Crippen molar-refractivity contribution in [3.8, 4) is 5.75 Å². The van der Waals surface area contributed by atoms with E-state index in [1.807, 2.05) is 0 Å². The lowest BCUT2D eigenvalue weighted by Gasteiger charge is -2.36. The van der Waals surface area contributed by atoms with Crippen LogP contribution >= 0.6 is 34.8 Å². The van der Waals surface area contributed by atoms with E-state index in [4.69, 9.17) is 39.5 Å². The highest BCUT2D eigenvalue weighted by Crippen LogP contribution is 2.25. The lowest BCUT2D eigenvalue weighted by atomic mass is 10.1. The molecule has 1 aliphatic rings. The summed E-state index contributed by atoms with van der Waals surface area (Å²) < 4.78 is 5.70. The fourth-order valence-corrected chi connectivity index (χ4v) is 3.73. The number of piperazine rings is 1. The molecule has 0 N–H and O–H groups in total. The van der Waals surface area contributed by atoms with Gasteiger partial charge in [0.1, 0.15) is 5.75 Å². The van der Waals surface area contributed by atoms with Gasteiger partial charge in [-0.05, 0) is 37.3 Å². The Balaban J connectivity index is 1.57. The third kappa shape index (κ3) is 4.90. The van der Waals surface area contributed by atoms with E-state index in [0.29, 0.717) is 52.6 Å². The van der Waals surface area contributed by atoms with Crippen molar-refractivity contribution < 1.29 is 14.3 Å². The monoisotopic (exact) mass is 440 g/mol. The number of halogens is 3. The first-order chi connectivity index (χ1) is 13.3. The second-order valence-electron chi connectivity index (χ2n) is 6.47. The topological polar surface area (TPSA) is 49.9 Å². The van der Waals surface area contributed by atoms with Crippen LogP contribution in [0.1, 0.15) is 17.3 Å². The average molecular weight is 442 g/mol. The molecule has 1 saturated heterocycles. The number of carbonyl (C=O) groups is 2. The molecule has 1 aliphatic heterocycles. The second-order valence-corrected chi connectivity index (χ2v) is 7.75. The van der Waals surface area contributed by atoms with Gasteiger partial charge in [-0.2, -0.15) is 0 Å². The number of amides is 2. The van der Waals surface area contributed by atoms with Crippen molar-refractivity contribution in [2.45, 2.75) is 13.0 Å². The zero-order valence-corrected chi connectivity index (χ0v) is 17.5. The van der Waals surface area contributed by atoms with E-state index >= 15 is 0 Å². The third-order valence-electron chi connectivity index (χ3n) is 4.48. The van der Waals surface area contributed by atoms with Gasteiger partial charge >= 0.3 is 0 Å². The standard InChI is InChI=1S/C20H19Cl3N2O3/c1-13(28-18-5-3-2-4-17(18)23)19(26)24-6-8-25(9-7-24)20(27)14-10-15(21)12-16(22)11-14/h2-5,10-13H,6-9H2,1H3. The molecule has 0 radical (unpaired) electrons. The van der Waals surface area contributed by atoms with Gasteiger partial charge in [0.05, 0.1) is 5.02 Å². The van der Waals surface area contributed by atoms with Crippen molar-refractivity contribution in [1.82, 2.24) is 9.80 Å². The van der Waals surface area contributed by atoms with Crippen LogP contribution in [0.2, 0.25) is 15.1 Å². The molecule has 5 nitrogen and oxygen atoms in total. The Kier molecular flexibility index (Phi) is 6.70. The molecule has 3 rings (SSSR count). The van der Waals surface area contributed by atoms with Crippen molar-refractivity contribution in [1.29, 1.82) is 0 Å². The van der Waals surface area contributed by atoms with Crippen LogP contribution in [0.3, 0.4) is 0 Å². The van der Waals surface area contributed by atoms with Crippen LogP contribution in [-0.2, 0) is 4.79 Å². The largest absolute Gasteiger partial charge is 0.479 e. The number of para-hydroxylation sites is 1. The highest BCUT2D eigenvalue weighted by Gasteiger charge is 2.28. The Morgan fingerprint density at radius 3 is 2.11 bits per heavy atom. The predicted molar refractivity (Wildman–Crippen MR) is 110 cm³/mol. The normalized spacial score (nSPS) is 15.3. The minimum Gasteiger partial charge on any atom is -0.479 e. The molecule has 2 amide bonds. The Hall–Kier alpha value is -1.95. The molecule has 2 aromatic carbocycles. The maximum absolute atomic E-state index is 12.7. The molecule has 8 heteroatoms. The van der Waals surface area contributed by atoms with Gasteiger partial charge in [-0.25, -0.2) is 0 Å². The summed E-state index contributed by atoms with van der Waals surface area (Å²) in [5.41, 5.74) is 0.438. The molecule has 0 aromatic heterocycles. The van der Waals surface area contributed by atoms with E-state index in [9.17, 15) is 9.59 Å². The molecule has 0 spiro atoms. The average Bonchev–Trinajstić information content (AvgIpc) is 2.68. The van der Waals surface area contributed by atoms with Crippen LogP contribution in [0.5, 0.6) is 5.75 Å². The number of nitrogens with zero attached hydrogens (tertiary/aromatic N) is 2. The van der Waals surface area contributed by atoms with Gasteiger partial charge in [-0.15, -0.1) is 0 Å². The lowest BCUT2D eigenvalue weighted by Crippen LogP contribution is -2.53. The van der Waals surface area contributed by atoms with Gasteiger partial charge in [-0.1, -0.05) is 46.9 Å². The number of hydrogen-bond acceptors (Lipinski definition) is 3. The Morgan fingerprint density at radius 2 is 1.50 bits per heavy atom. The third-order valence-corrected chi connectivity index (χ3v) is 5.22. The van der Waals surface area contributed by atoms with E-state index in [2.05, 4.69) is 0 Å².